The van der Waals surface area contributed by atoms with Gasteiger partial charge in [-0.05, 0) is 42.7 Å². The Morgan fingerprint density at radius 2 is 1.79 bits per heavy atom. The largest absolute Gasteiger partial charge is 0.497 e. The summed E-state index contributed by atoms with van der Waals surface area (Å²) in [5, 5.41) is 2.63. The standard InChI is InChI=1S/C20H24N2O5S/c1-14(23)21-19-11-10-18(12-20(19)27-3)28(24,25)22(16-6-7-16)13-15-4-8-17(26-2)9-5-15/h4-5,8-12,16H,6-7,13H2,1-3H3,(H,21,23). The maximum absolute atomic E-state index is 13.3. The molecule has 0 bridgehead atoms. The normalized spacial score (nSPS) is 14.0. The fraction of sp³-hybridized carbons (Fsp3) is 0.350. The Morgan fingerprint density at radius 3 is 2.32 bits per heavy atom. The zero-order valence-electron chi connectivity index (χ0n) is 16.1. The predicted molar refractivity (Wildman–Crippen MR) is 106 cm³/mol. The average Bonchev–Trinajstić information content (AvgIpc) is 3.51. The third-order valence-electron chi connectivity index (χ3n) is 4.54. The van der Waals surface area contributed by atoms with E-state index in [1.54, 1.807) is 13.2 Å². The Kier molecular flexibility index (Phi) is 5.90. The zero-order chi connectivity index (χ0) is 20.3. The lowest BCUT2D eigenvalue weighted by Crippen LogP contribution is -2.32. The van der Waals surface area contributed by atoms with Gasteiger partial charge < -0.3 is 14.8 Å². The first kappa shape index (κ1) is 20.2. The summed E-state index contributed by atoms with van der Waals surface area (Å²) in [6.45, 7) is 1.67. The van der Waals surface area contributed by atoms with E-state index in [-0.39, 0.29) is 23.4 Å². The number of carbonyl (C=O) groups excluding carboxylic acids is 1. The number of methoxy groups -OCH3 is 2. The summed E-state index contributed by atoms with van der Waals surface area (Å²) in [6.07, 6.45) is 1.69. The van der Waals surface area contributed by atoms with Crippen LogP contribution in [0.2, 0.25) is 0 Å². The number of carbonyl (C=O) groups is 1. The molecule has 1 N–H and O–H groups in total. The third kappa shape index (κ3) is 4.45. The second kappa shape index (κ2) is 8.20. The molecule has 2 aromatic carbocycles. The molecule has 0 aromatic heterocycles. The van der Waals surface area contributed by atoms with Crippen molar-refractivity contribution in [2.75, 3.05) is 19.5 Å². The topological polar surface area (TPSA) is 84.9 Å². The van der Waals surface area contributed by atoms with Gasteiger partial charge in [-0.25, -0.2) is 8.42 Å². The summed E-state index contributed by atoms with van der Waals surface area (Å²) in [5.41, 5.74) is 1.32. The molecule has 0 aliphatic heterocycles. The molecular formula is C20H24N2O5S. The van der Waals surface area contributed by atoms with E-state index in [0.29, 0.717) is 11.4 Å². The quantitative estimate of drug-likeness (QED) is 0.731. The van der Waals surface area contributed by atoms with Gasteiger partial charge in [-0.2, -0.15) is 4.31 Å². The first-order valence-corrected chi connectivity index (χ1v) is 10.4. The minimum absolute atomic E-state index is 0.00637. The molecule has 1 amide bonds. The first-order valence-electron chi connectivity index (χ1n) is 8.95. The molecule has 0 unspecified atom stereocenters. The lowest BCUT2D eigenvalue weighted by atomic mass is 10.2. The second-order valence-corrected chi connectivity index (χ2v) is 8.56. The summed E-state index contributed by atoms with van der Waals surface area (Å²) in [4.78, 5) is 11.5. The van der Waals surface area contributed by atoms with Gasteiger partial charge in [-0.1, -0.05) is 12.1 Å². The molecule has 1 aliphatic rings. The molecule has 7 nitrogen and oxygen atoms in total. The maximum Gasteiger partial charge on any atom is 0.243 e. The monoisotopic (exact) mass is 404 g/mol. The van der Waals surface area contributed by atoms with E-state index in [1.807, 2.05) is 24.3 Å². The van der Waals surface area contributed by atoms with E-state index in [4.69, 9.17) is 9.47 Å². The third-order valence-corrected chi connectivity index (χ3v) is 6.44. The number of benzene rings is 2. The Bertz CT molecular complexity index is 953. The molecule has 0 heterocycles. The summed E-state index contributed by atoms with van der Waals surface area (Å²) in [5.74, 6) is 0.771. The van der Waals surface area contributed by atoms with Gasteiger partial charge in [0.2, 0.25) is 15.9 Å². The Hall–Kier alpha value is -2.58. The van der Waals surface area contributed by atoms with Crippen LogP contribution in [0.4, 0.5) is 5.69 Å². The highest BCUT2D eigenvalue weighted by molar-refractivity contribution is 7.89. The molecule has 1 saturated carbocycles. The highest BCUT2D eigenvalue weighted by atomic mass is 32.2. The van der Waals surface area contributed by atoms with Gasteiger partial charge in [-0.15, -0.1) is 0 Å². The van der Waals surface area contributed by atoms with Crippen LogP contribution < -0.4 is 14.8 Å². The number of ether oxygens (including phenoxy) is 2. The van der Waals surface area contributed by atoms with Crippen LogP contribution >= 0.6 is 0 Å². The average molecular weight is 404 g/mol. The summed E-state index contributed by atoms with van der Waals surface area (Å²) in [7, 11) is -0.691. The van der Waals surface area contributed by atoms with Gasteiger partial charge in [0.15, 0.2) is 0 Å². The number of rotatable bonds is 8. The van der Waals surface area contributed by atoms with Crippen LogP contribution in [-0.2, 0) is 21.4 Å². The fourth-order valence-electron chi connectivity index (χ4n) is 2.94. The second-order valence-electron chi connectivity index (χ2n) is 6.67. The smallest absolute Gasteiger partial charge is 0.243 e. The zero-order valence-corrected chi connectivity index (χ0v) is 17.0. The van der Waals surface area contributed by atoms with Crippen molar-refractivity contribution in [2.45, 2.75) is 37.2 Å². The van der Waals surface area contributed by atoms with E-state index in [1.165, 1.54) is 30.5 Å². The number of sulfonamides is 1. The Balaban J connectivity index is 1.90. The number of nitrogens with zero attached hydrogens (tertiary/aromatic N) is 1. The lowest BCUT2D eigenvalue weighted by Gasteiger charge is -2.23. The van der Waals surface area contributed by atoms with Crippen molar-refractivity contribution in [1.29, 1.82) is 0 Å². The number of amides is 1. The van der Waals surface area contributed by atoms with Crippen molar-refractivity contribution in [2.24, 2.45) is 0 Å². The van der Waals surface area contributed by atoms with Gasteiger partial charge in [0.1, 0.15) is 11.5 Å². The molecule has 0 atom stereocenters. The number of nitrogens with one attached hydrogen (secondary N) is 1. The van der Waals surface area contributed by atoms with Crippen LogP contribution in [-0.4, -0.2) is 38.9 Å². The Labute approximate surface area is 165 Å². The van der Waals surface area contributed by atoms with Crippen molar-refractivity contribution in [3.63, 3.8) is 0 Å². The van der Waals surface area contributed by atoms with Gasteiger partial charge in [-0.3, -0.25) is 4.79 Å². The lowest BCUT2D eigenvalue weighted by molar-refractivity contribution is -0.114. The summed E-state index contributed by atoms with van der Waals surface area (Å²) < 4.78 is 38.6. The molecule has 8 heteroatoms. The molecule has 28 heavy (non-hydrogen) atoms. The molecule has 1 fully saturated rings. The minimum atomic E-state index is -3.72. The highest BCUT2D eigenvalue weighted by Gasteiger charge is 2.38. The van der Waals surface area contributed by atoms with E-state index in [2.05, 4.69) is 5.32 Å². The van der Waals surface area contributed by atoms with E-state index >= 15 is 0 Å². The number of anilines is 1. The Morgan fingerprint density at radius 1 is 1.11 bits per heavy atom. The maximum atomic E-state index is 13.3. The molecule has 0 saturated heterocycles. The van der Waals surface area contributed by atoms with Gasteiger partial charge in [0, 0.05) is 25.6 Å². The van der Waals surface area contributed by atoms with Crippen molar-refractivity contribution in [1.82, 2.24) is 4.31 Å². The summed E-state index contributed by atoms with van der Waals surface area (Å²) in [6, 6.07) is 11.8. The highest BCUT2D eigenvalue weighted by Crippen LogP contribution is 2.36. The minimum Gasteiger partial charge on any atom is -0.497 e. The van der Waals surface area contributed by atoms with Crippen LogP contribution in [0.15, 0.2) is 47.4 Å². The SMILES string of the molecule is COc1ccc(CN(C2CC2)S(=O)(=O)c2ccc(NC(C)=O)c(OC)c2)cc1. The van der Waals surface area contributed by atoms with E-state index < -0.39 is 10.0 Å². The van der Waals surface area contributed by atoms with Crippen LogP contribution in [0.5, 0.6) is 11.5 Å². The number of hydrogen-bond acceptors (Lipinski definition) is 5. The van der Waals surface area contributed by atoms with Crippen LogP contribution in [0.25, 0.3) is 0 Å². The van der Waals surface area contributed by atoms with Crippen molar-refractivity contribution < 1.29 is 22.7 Å². The fourth-order valence-corrected chi connectivity index (χ4v) is 4.63. The first-order chi connectivity index (χ1) is 13.3. The molecule has 3 rings (SSSR count). The van der Waals surface area contributed by atoms with E-state index in [0.717, 1.165) is 24.2 Å². The molecule has 150 valence electrons. The van der Waals surface area contributed by atoms with Crippen molar-refractivity contribution in [3.05, 3.63) is 48.0 Å². The van der Waals surface area contributed by atoms with Crippen LogP contribution in [0.3, 0.4) is 0 Å². The van der Waals surface area contributed by atoms with Crippen LogP contribution in [0, 0.1) is 0 Å². The van der Waals surface area contributed by atoms with Crippen molar-refractivity contribution in [3.8, 4) is 11.5 Å². The van der Waals surface area contributed by atoms with Gasteiger partial charge >= 0.3 is 0 Å². The molecule has 1 aliphatic carbocycles. The molecule has 0 radical (unpaired) electrons. The van der Waals surface area contributed by atoms with E-state index in [9.17, 15) is 13.2 Å². The van der Waals surface area contributed by atoms with Crippen LogP contribution in [0.1, 0.15) is 25.3 Å². The molecule has 2 aromatic rings. The predicted octanol–water partition coefficient (Wildman–Crippen LogP) is 3.02. The van der Waals surface area contributed by atoms with Gasteiger partial charge in [0.25, 0.3) is 0 Å². The van der Waals surface area contributed by atoms with Crippen molar-refractivity contribution >= 4 is 21.6 Å². The number of hydrogen-bond donors (Lipinski definition) is 1. The molecular weight excluding hydrogens is 380 g/mol. The molecule has 0 spiro atoms. The van der Waals surface area contributed by atoms with Gasteiger partial charge in [0.05, 0.1) is 24.8 Å². The summed E-state index contributed by atoms with van der Waals surface area (Å²) >= 11 is 0.